The first-order valence-electron chi connectivity index (χ1n) is 9.58. The lowest BCUT2D eigenvalue weighted by molar-refractivity contribution is -0.136. The first-order chi connectivity index (χ1) is 12.7. The molecule has 0 unspecified atom stereocenters. The molecular formula is C20H29BrN2O3S. The fraction of sp³-hybridized carbons (Fsp3) is 0.600. The van der Waals surface area contributed by atoms with Crippen molar-refractivity contribution in [3.8, 4) is 5.75 Å². The molecule has 0 saturated carbocycles. The quantitative estimate of drug-likeness (QED) is 0.706. The molecule has 1 aromatic rings. The van der Waals surface area contributed by atoms with Crippen molar-refractivity contribution >= 4 is 37.2 Å². The van der Waals surface area contributed by atoms with E-state index in [4.69, 9.17) is 0 Å². The first kappa shape index (κ1) is 20.7. The molecule has 1 N–H and O–H groups in total. The van der Waals surface area contributed by atoms with E-state index < -0.39 is 9.52 Å². The number of carbonyl (C=O) groups excluding carboxylic acids is 1. The number of hydrogen-bond donors (Lipinski definition) is 1. The van der Waals surface area contributed by atoms with Gasteiger partial charge in [-0.15, -0.1) is 0 Å². The molecule has 0 aliphatic carbocycles. The van der Waals surface area contributed by atoms with Crippen LogP contribution in [0.3, 0.4) is 0 Å². The van der Waals surface area contributed by atoms with Gasteiger partial charge in [0.2, 0.25) is 5.91 Å². The smallest absolute Gasteiger partial charge is 0.225 e. The third-order valence-electron chi connectivity index (χ3n) is 5.77. The number of piperidine rings is 1. The van der Waals surface area contributed by atoms with E-state index in [1.54, 1.807) is 6.07 Å². The van der Waals surface area contributed by atoms with Crippen LogP contribution >= 0.6 is 15.9 Å². The Balaban J connectivity index is 1.49. The summed E-state index contributed by atoms with van der Waals surface area (Å²) in [5.74, 6) is 5.58. The highest BCUT2D eigenvalue weighted by atomic mass is 79.9. The minimum absolute atomic E-state index is 0.0798. The van der Waals surface area contributed by atoms with Gasteiger partial charge in [-0.3, -0.25) is 13.9 Å². The highest BCUT2D eigenvalue weighted by Gasteiger charge is 2.30. The summed E-state index contributed by atoms with van der Waals surface area (Å²) in [6, 6.07) is 5.90. The Hall–Kier alpha value is -1.05. The van der Waals surface area contributed by atoms with E-state index in [0.29, 0.717) is 28.4 Å². The third-order valence-corrected chi connectivity index (χ3v) is 8.26. The van der Waals surface area contributed by atoms with E-state index in [-0.39, 0.29) is 17.6 Å². The van der Waals surface area contributed by atoms with E-state index in [2.05, 4.69) is 26.7 Å². The van der Waals surface area contributed by atoms with Crippen LogP contribution < -0.4 is 0 Å². The van der Waals surface area contributed by atoms with Gasteiger partial charge in [-0.1, -0.05) is 13.0 Å². The van der Waals surface area contributed by atoms with Gasteiger partial charge in [0.05, 0.1) is 4.47 Å². The lowest BCUT2D eigenvalue weighted by atomic mass is 9.97. The van der Waals surface area contributed by atoms with Crippen LogP contribution in [0.2, 0.25) is 0 Å². The van der Waals surface area contributed by atoms with Crippen LogP contribution in [0.25, 0.3) is 0 Å². The van der Waals surface area contributed by atoms with Crippen molar-refractivity contribution < 1.29 is 14.1 Å². The monoisotopic (exact) mass is 456 g/mol. The summed E-state index contributed by atoms with van der Waals surface area (Å²) in [5.41, 5.74) is 1.04. The second-order valence-electron chi connectivity index (χ2n) is 7.86. The zero-order chi connectivity index (χ0) is 19.6. The van der Waals surface area contributed by atoms with Gasteiger partial charge in [0, 0.05) is 49.6 Å². The van der Waals surface area contributed by atoms with Crippen molar-refractivity contribution in [1.82, 2.24) is 9.80 Å². The van der Waals surface area contributed by atoms with E-state index >= 15 is 0 Å². The second-order valence-corrected chi connectivity index (χ2v) is 11.5. The average molecular weight is 457 g/mol. The molecule has 3 rings (SSSR count). The Morgan fingerprint density at radius 1 is 1.30 bits per heavy atom. The number of amides is 1. The van der Waals surface area contributed by atoms with Gasteiger partial charge in [0.15, 0.2) is 0 Å². The molecule has 2 heterocycles. The summed E-state index contributed by atoms with van der Waals surface area (Å²) in [4.78, 5) is 17.3. The van der Waals surface area contributed by atoms with Crippen LogP contribution in [0.5, 0.6) is 5.75 Å². The molecule has 2 fully saturated rings. The number of nitrogens with zero attached hydrogens (tertiary/aromatic N) is 2. The van der Waals surface area contributed by atoms with Crippen molar-refractivity contribution in [3.05, 3.63) is 28.2 Å². The number of phenols is 1. The molecule has 5 nitrogen and oxygen atoms in total. The Kier molecular flexibility index (Phi) is 6.54. The Bertz CT molecular complexity index is 774. The SMILES string of the molecule is C=S1(=O)CCN(C2CCN(C(=O)[C@H](C)Cc3ccc(O)c(Br)c3)CC2)CC1. The third kappa shape index (κ3) is 5.27. The molecule has 1 aromatic carbocycles. The standard InChI is InChI=1S/C20H29BrN2O3S/c1-15(13-16-3-4-19(24)18(21)14-16)20(25)23-7-5-17(6-8-23)22-9-11-27(2,26)12-10-22/h3-4,14-15,17,24H,2,5-13H2,1H3/t15-/m1/s1. The van der Waals surface area contributed by atoms with Gasteiger partial charge in [0.25, 0.3) is 0 Å². The maximum absolute atomic E-state index is 12.8. The van der Waals surface area contributed by atoms with Gasteiger partial charge < -0.3 is 10.0 Å². The van der Waals surface area contributed by atoms with Crippen molar-refractivity contribution in [2.24, 2.45) is 5.92 Å². The molecule has 2 aliphatic rings. The number of hydrogen-bond acceptors (Lipinski definition) is 4. The summed E-state index contributed by atoms with van der Waals surface area (Å²) in [6.07, 6.45) is 2.64. The normalized spacial score (nSPS) is 22.5. The minimum Gasteiger partial charge on any atom is -0.507 e. The van der Waals surface area contributed by atoms with Crippen LogP contribution in [-0.4, -0.2) is 74.6 Å². The molecule has 7 heteroatoms. The van der Waals surface area contributed by atoms with Crippen LogP contribution in [0.15, 0.2) is 22.7 Å². The van der Waals surface area contributed by atoms with E-state index in [1.807, 2.05) is 24.0 Å². The van der Waals surface area contributed by atoms with Gasteiger partial charge in [-0.05, 0) is 68.3 Å². The number of carbonyl (C=O) groups is 1. The molecule has 0 aromatic heterocycles. The van der Waals surface area contributed by atoms with Crippen molar-refractivity contribution in [3.63, 3.8) is 0 Å². The molecule has 2 aliphatic heterocycles. The van der Waals surface area contributed by atoms with E-state index in [0.717, 1.165) is 44.6 Å². The van der Waals surface area contributed by atoms with Crippen LogP contribution in [0.1, 0.15) is 25.3 Å². The Morgan fingerprint density at radius 2 is 1.93 bits per heavy atom. The van der Waals surface area contributed by atoms with E-state index in [1.165, 1.54) is 0 Å². The van der Waals surface area contributed by atoms with E-state index in [9.17, 15) is 14.1 Å². The summed E-state index contributed by atoms with van der Waals surface area (Å²) in [7, 11) is -1.85. The van der Waals surface area contributed by atoms with Crippen LogP contribution in [-0.2, 0) is 20.7 Å². The molecule has 0 bridgehead atoms. The van der Waals surface area contributed by atoms with Gasteiger partial charge in [-0.2, -0.15) is 0 Å². The average Bonchev–Trinajstić information content (AvgIpc) is 2.64. The summed E-state index contributed by atoms with van der Waals surface area (Å²) >= 11 is 3.33. The summed E-state index contributed by atoms with van der Waals surface area (Å²) in [6.45, 7) is 5.30. The first-order valence-corrected chi connectivity index (χ1v) is 12.4. The molecule has 1 amide bonds. The number of rotatable bonds is 4. The second kappa shape index (κ2) is 8.53. The number of likely N-dealkylation sites (tertiary alicyclic amines) is 1. The van der Waals surface area contributed by atoms with Crippen molar-refractivity contribution in [2.75, 3.05) is 37.7 Å². The maximum Gasteiger partial charge on any atom is 0.225 e. The highest BCUT2D eigenvalue weighted by molar-refractivity contribution is 9.10. The maximum atomic E-state index is 12.8. The fourth-order valence-corrected chi connectivity index (χ4v) is 5.79. The topological polar surface area (TPSA) is 60.9 Å². The molecule has 0 radical (unpaired) electrons. The zero-order valence-corrected chi connectivity index (χ0v) is 18.3. The molecule has 2 saturated heterocycles. The molecular weight excluding hydrogens is 428 g/mol. The van der Waals surface area contributed by atoms with Crippen molar-refractivity contribution in [2.45, 2.75) is 32.2 Å². The lowest BCUT2D eigenvalue weighted by Crippen LogP contribution is -2.51. The van der Waals surface area contributed by atoms with Gasteiger partial charge >= 0.3 is 0 Å². The zero-order valence-electron chi connectivity index (χ0n) is 15.9. The predicted molar refractivity (Wildman–Crippen MR) is 115 cm³/mol. The van der Waals surface area contributed by atoms with Crippen molar-refractivity contribution in [1.29, 1.82) is 0 Å². The largest absolute Gasteiger partial charge is 0.507 e. The number of phenolic OH excluding ortho intramolecular Hbond substituents is 1. The minimum atomic E-state index is -1.85. The number of benzene rings is 1. The number of halogens is 1. The predicted octanol–water partition coefficient (Wildman–Crippen LogP) is 2.36. The number of aromatic hydroxyl groups is 1. The molecule has 1 atom stereocenters. The lowest BCUT2D eigenvalue weighted by Gasteiger charge is -2.41. The highest BCUT2D eigenvalue weighted by Crippen LogP contribution is 2.26. The molecule has 0 spiro atoms. The molecule has 150 valence electrons. The Morgan fingerprint density at radius 3 is 2.52 bits per heavy atom. The van der Waals surface area contributed by atoms with Gasteiger partial charge in [-0.25, -0.2) is 0 Å². The molecule has 27 heavy (non-hydrogen) atoms. The Labute approximate surface area is 170 Å². The summed E-state index contributed by atoms with van der Waals surface area (Å²) in [5, 5.41) is 9.61. The van der Waals surface area contributed by atoms with Crippen LogP contribution in [0, 0.1) is 5.92 Å². The fourth-order valence-electron chi connectivity index (χ4n) is 4.03. The van der Waals surface area contributed by atoms with Gasteiger partial charge in [0.1, 0.15) is 5.75 Å². The summed E-state index contributed by atoms with van der Waals surface area (Å²) < 4.78 is 12.7. The van der Waals surface area contributed by atoms with Crippen LogP contribution in [0.4, 0.5) is 0 Å².